The summed E-state index contributed by atoms with van der Waals surface area (Å²) in [5, 5.41) is 0.267. The molecular weight excluding hydrogens is 250 g/mol. The van der Waals surface area contributed by atoms with Gasteiger partial charge in [-0.15, -0.1) is 0 Å². The van der Waals surface area contributed by atoms with Crippen molar-refractivity contribution >= 4 is 16.5 Å². The molecule has 18 heavy (non-hydrogen) atoms. The Kier molecular flexibility index (Phi) is 5.01. The molecule has 1 fully saturated rings. The SMILES string of the molecule is Nc1cccc(OCCS(=O)C2CCOCC2)c1. The van der Waals surface area contributed by atoms with Crippen LogP contribution in [0.5, 0.6) is 5.75 Å². The van der Waals surface area contributed by atoms with E-state index in [1.165, 1.54) is 0 Å². The third kappa shape index (κ3) is 3.99. The standard InChI is InChI=1S/C13H19NO3S/c14-11-2-1-3-12(10-11)17-8-9-18(15)13-4-6-16-7-5-13/h1-3,10,13H,4-9,14H2. The molecule has 0 radical (unpaired) electrons. The Labute approximate surface area is 110 Å². The van der Waals surface area contributed by atoms with Crippen LogP contribution < -0.4 is 10.5 Å². The second-order valence-electron chi connectivity index (χ2n) is 4.32. The smallest absolute Gasteiger partial charge is 0.121 e. The fourth-order valence-corrected chi connectivity index (χ4v) is 3.25. The Balaban J connectivity index is 1.73. The molecule has 2 N–H and O–H groups in total. The second-order valence-corrected chi connectivity index (χ2v) is 6.15. The van der Waals surface area contributed by atoms with E-state index in [9.17, 15) is 4.21 Å². The summed E-state index contributed by atoms with van der Waals surface area (Å²) in [6.07, 6.45) is 1.79. The molecule has 1 atom stereocenters. The summed E-state index contributed by atoms with van der Waals surface area (Å²) in [4.78, 5) is 0. The molecule has 2 rings (SSSR count). The predicted molar refractivity (Wildman–Crippen MR) is 73.2 cm³/mol. The number of rotatable bonds is 5. The number of nitrogens with two attached hydrogens (primary N) is 1. The van der Waals surface area contributed by atoms with E-state index in [1.807, 2.05) is 18.2 Å². The van der Waals surface area contributed by atoms with Crippen molar-refractivity contribution in [3.05, 3.63) is 24.3 Å². The Morgan fingerprint density at radius 2 is 2.17 bits per heavy atom. The largest absolute Gasteiger partial charge is 0.493 e. The first kappa shape index (κ1) is 13.4. The van der Waals surface area contributed by atoms with Crippen LogP contribution in [0.25, 0.3) is 0 Å². The van der Waals surface area contributed by atoms with Crippen molar-refractivity contribution in [2.24, 2.45) is 0 Å². The van der Waals surface area contributed by atoms with E-state index >= 15 is 0 Å². The summed E-state index contributed by atoms with van der Waals surface area (Å²) in [5.74, 6) is 1.30. The summed E-state index contributed by atoms with van der Waals surface area (Å²) in [7, 11) is -0.822. The van der Waals surface area contributed by atoms with E-state index in [4.69, 9.17) is 15.2 Å². The van der Waals surface area contributed by atoms with Gasteiger partial charge in [0.15, 0.2) is 0 Å². The molecule has 1 heterocycles. The van der Waals surface area contributed by atoms with Crippen LogP contribution in [0.15, 0.2) is 24.3 Å². The molecule has 0 spiro atoms. The minimum absolute atomic E-state index is 0.267. The number of benzene rings is 1. The molecule has 4 nitrogen and oxygen atoms in total. The molecule has 1 aliphatic heterocycles. The van der Waals surface area contributed by atoms with Crippen LogP contribution in [0, 0.1) is 0 Å². The van der Waals surface area contributed by atoms with Gasteiger partial charge in [0, 0.05) is 41.0 Å². The maximum atomic E-state index is 12.0. The maximum absolute atomic E-state index is 12.0. The first-order chi connectivity index (χ1) is 8.75. The molecule has 1 aromatic rings. The van der Waals surface area contributed by atoms with Gasteiger partial charge in [0.05, 0.1) is 12.4 Å². The predicted octanol–water partition coefficient (Wildman–Crippen LogP) is 1.58. The van der Waals surface area contributed by atoms with Gasteiger partial charge in [-0.25, -0.2) is 0 Å². The van der Waals surface area contributed by atoms with Gasteiger partial charge >= 0.3 is 0 Å². The summed E-state index contributed by atoms with van der Waals surface area (Å²) in [5.41, 5.74) is 6.33. The Morgan fingerprint density at radius 3 is 2.89 bits per heavy atom. The normalized spacial score (nSPS) is 18.4. The molecule has 0 amide bonds. The Bertz CT molecular complexity index is 405. The lowest BCUT2D eigenvalue weighted by molar-refractivity contribution is 0.0991. The van der Waals surface area contributed by atoms with E-state index in [1.54, 1.807) is 6.07 Å². The fraction of sp³-hybridized carbons (Fsp3) is 0.538. The molecule has 1 saturated heterocycles. The highest BCUT2D eigenvalue weighted by atomic mass is 32.2. The number of ether oxygens (including phenoxy) is 2. The van der Waals surface area contributed by atoms with E-state index in [2.05, 4.69) is 0 Å². The maximum Gasteiger partial charge on any atom is 0.121 e. The third-order valence-electron chi connectivity index (χ3n) is 2.95. The number of hydrogen-bond donors (Lipinski definition) is 1. The van der Waals surface area contributed by atoms with Crippen molar-refractivity contribution in [2.45, 2.75) is 18.1 Å². The molecule has 1 aromatic carbocycles. The molecule has 1 unspecified atom stereocenters. The zero-order valence-corrected chi connectivity index (χ0v) is 11.2. The first-order valence-electron chi connectivity index (χ1n) is 6.19. The zero-order chi connectivity index (χ0) is 12.8. The molecule has 5 heteroatoms. The molecule has 0 aliphatic carbocycles. The fourth-order valence-electron chi connectivity index (χ4n) is 1.95. The Morgan fingerprint density at radius 1 is 1.39 bits per heavy atom. The van der Waals surface area contributed by atoms with Gasteiger partial charge in [-0.05, 0) is 25.0 Å². The van der Waals surface area contributed by atoms with Crippen LogP contribution in [0.2, 0.25) is 0 Å². The highest BCUT2D eigenvalue weighted by molar-refractivity contribution is 7.85. The van der Waals surface area contributed by atoms with Crippen molar-refractivity contribution in [2.75, 3.05) is 31.3 Å². The topological polar surface area (TPSA) is 61.5 Å². The second kappa shape index (κ2) is 6.75. The van der Waals surface area contributed by atoms with Crippen LogP contribution in [0.3, 0.4) is 0 Å². The van der Waals surface area contributed by atoms with Crippen molar-refractivity contribution in [3.8, 4) is 5.75 Å². The quantitative estimate of drug-likeness (QED) is 0.824. The summed E-state index contributed by atoms with van der Waals surface area (Å²) in [6.45, 7) is 1.92. The number of nitrogen functional groups attached to an aromatic ring is 1. The zero-order valence-electron chi connectivity index (χ0n) is 10.3. The minimum atomic E-state index is -0.822. The molecule has 0 aromatic heterocycles. The summed E-state index contributed by atoms with van der Waals surface area (Å²) < 4.78 is 22.8. The van der Waals surface area contributed by atoms with Crippen LogP contribution in [-0.4, -0.2) is 35.0 Å². The third-order valence-corrected chi connectivity index (χ3v) is 4.74. The van der Waals surface area contributed by atoms with Gasteiger partial charge in [0.1, 0.15) is 5.75 Å². The van der Waals surface area contributed by atoms with E-state index in [-0.39, 0.29) is 5.25 Å². The van der Waals surface area contributed by atoms with Crippen molar-refractivity contribution in [3.63, 3.8) is 0 Å². The van der Waals surface area contributed by atoms with Crippen molar-refractivity contribution < 1.29 is 13.7 Å². The molecule has 0 saturated carbocycles. The van der Waals surface area contributed by atoms with E-state index < -0.39 is 10.8 Å². The van der Waals surface area contributed by atoms with Crippen LogP contribution in [-0.2, 0) is 15.5 Å². The summed E-state index contributed by atoms with van der Waals surface area (Å²) >= 11 is 0. The van der Waals surface area contributed by atoms with Crippen molar-refractivity contribution in [1.82, 2.24) is 0 Å². The average molecular weight is 269 g/mol. The lowest BCUT2D eigenvalue weighted by Gasteiger charge is -2.21. The molecule has 100 valence electrons. The molecule has 0 bridgehead atoms. The van der Waals surface area contributed by atoms with E-state index in [0.29, 0.717) is 18.0 Å². The van der Waals surface area contributed by atoms with Crippen LogP contribution in [0.4, 0.5) is 5.69 Å². The average Bonchev–Trinajstić information content (AvgIpc) is 2.40. The lowest BCUT2D eigenvalue weighted by atomic mass is 10.2. The van der Waals surface area contributed by atoms with Gasteiger partial charge in [0.2, 0.25) is 0 Å². The van der Waals surface area contributed by atoms with Crippen LogP contribution >= 0.6 is 0 Å². The van der Waals surface area contributed by atoms with Gasteiger partial charge in [0.25, 0.3) is 0 Å². The number of hydrogen-bond acceptors (Lipinski definition) is 4. The molecular formula is C13H19NO3S. The van der Waals surface area contributed by atoms with Gasteiger partial charge in [-0.2, -0.15) is 0 Å². The lowest BCUT2D eigenvalue weighted by Crippen LogP contribution is -2.27. The van der Waals surface area contributed by atoms with Gasteiger partial charge in [-0.3, -0.25) is 4.21 Å². The van der Waals surface area contributed by atoms with Crippen LogP contribution in [0.1, 0.15) is 12.8 Å². The highest BCUT2D eigenvalue weighted by Gasteiger charge is 2.19. The summed E-state index contributed by atoms with van der Waals surface area (Å²) in [6, 6.07) is 7.29. The highest BCUT2D eigenvalue weighted by Crippen LogP contribution is 2.16. The van der Waals surface area contributed by atoms with Crippen molar-refractivity contribution in [1.29, 1.82) is 0 Å². The minimum Gasteiger partial charge on any atom is -0.493 e. The monoisotopic (exact) mass is 269 g/mol. The Hall–Kier alpha value is -1.07. The van der Waals surface area contributed by atoms with Gasteiger partial charge < -0.3 is 15.2 Å². The molecule has 1 aliphatic rings. The van der Waals surface area contributed by atoms with E-state index in [0.717, 1.165) is 31.8 Å². The first-order valence-corrected chi connectivity index (χ1v) is 7.57. The van der Waals surface area contributed by atoms with Gasteiger partial charge in [-0.1, -0.05) is 6.07 Å². The number of anilines is 1.